The Morgan fingerprint density at radius 3 is 2.60 bits per heavy atom. The number of ether oxygens (including phenoxy) is 1. The first kappa shape index (κ1) is 10.2. The molecule has 1 heterocycles. The van der Waals surface area contributed by atoms with Gasteiger partial charge in [-0.25, -0.2) is 9.97 Å². The van der Waals surface area contributed by atoms with Crippen LogP contribution < -0.4 is 4.74 Å². The predicted octanol–water partition coefficient (Wildman–Crippen LogP) is 0.490. The first-order chi connectivity index (χ1) is 4.33. The molecule has 10 heavy (non-hydrogen) atoms. The van der Waals surface area contributed by atoms with Crippen LogP contribution in [0, 0.1) is 0 Å². The van der Waals surface area contributed by atoms with E-state index < -0.39 is 0 Å². The summed E-state index contributed by atoms with van der Waals surface area (Å²) in [5.41, 5.74) is 0. The van der Waals surface area contributed by atoms with Gasteiger partial charge in [-0.2, -0.15) is 0 Å². The van der Waals surface area contributed by atoms with Crippen molar-refractivity contribution < 1.29 is 4.74 Å². The molecule has 0 radical (unpaired) electrons. The number of hydrogen-bond acceptors (Lipinski definition) is 3. The molecule has 3 nitrogen and oxygen atoms in total. The molecule has 0 aliphatic carbocycles. The average Bonchev–Trinajstić information content (AvgIpc) is 1.88. The summed E-state index contributed by atoms with van der Waals surface area (Å²) in [6, 6.07) is 1.54. The summed E-state index contributed by atoms with van der Waals surface area (Å²) in [5.74, 6) is 0.481. The molecule has 5 heteroatoms. The van der Waals surface area contributed by atoms with Crippen LogP contribution in [-0.2, 0) is 0 Å². The van der Waals surface area contributed by atoms with Crippen molar-refractivity contribution in [3.05, 3.63) is 17.5 Å². The standard InChI is InChI=1S/C5H5ClN2O.Na.H/c1-9-5-2-4(6)7-3-8-5;;/h2-3H,1H3;;. The van der Waals surface area contributed by atoms with Crippen LogP contribution in [0.1, 0.15) is 0 Å². The second-order valence-corrected chi connectivity index (χ2v) is 1.77. The summed E-state index contributed by atoms with van der Waals surface area (Å²) in [5, 5.41) is 0.391. The second kappa shape index (κ2) is 4.91. The molecule has 0 saturated carbocycles. The Morgan fingerprint density at radius 2 is 2.20 bits per heavy atom. The maximum absolute atomic E-state index is 5.49. The molecule has 0 saturated heterocycles. The van der Waals surface area contributed by atoms with Crippen molar-refractivity contribution in [2.24, 2.45) is 0 Å². The first-order valence-electron chi connectivity index (χ1n) is 2.34. The molecule has 0 spiro atoms. The van der Waals surface area contributed by atoms with E-state index in [1.54, 1.807) is 6.07 Å². The van der Waals surface area contributed by atoms with Gasteiger partial charge in [0, 0.05) is 6.07 Å². The van der Waals surface area contributed by atoms with E-state index in [0.717, 1.165) is 0 Å². The third-order valence-electron chi connectivity index (χ3n) is 0.818. The van der Waals surface area contributed by atoms with E-state index in [0.29, 0.717) is 11.0 Å². The van der Waals surface area contributed by atoms with Gasteiger partial charge in [0.25, 0.3) is 0 Å². The third-order valence-corrected chi connectivity index (χ3v) is 1.02. The molecule has 50 valence electrons. The van der Waals surface area contributed by atoms with Gasteiger partial charge in [0.1, 0.15) is 11.5 Å². The van der Waals surface area contributed by atoms with Gasteiger partial charge in [-0.15, -0.1) is 0 Å². The summed E-state index contributed by atoms with van der Waals surface area (Å²) < 4.78 is 4.76. The van der Waals surface area contributed by atoms with Crippen molar-refractivity contribution >= 4 is 41.2 Å². The Bertz CT molecular complexity index is 209. The predicted molar refractivity (Wildman–Crippen MR) is 40.7 cm³/mol. The number of methoxy groups -OCH3 is 1. The molecule has 0 aromatic carbocycles. The molecule has 0 bridgehead atoms. The maximum atomic E-state index is 5.49. The van der Waals surface area contributed by atoms with E-state index in [4.69, 9.17) is 16.3 Å². The molecule has 0 aliphatic heterocycles. The monoisotopic (exact) mass is 168 g/mol. The topological polar surface area (TPSA) is 35.0 Å². The number of halogens is 1. The van der Waals surface area contributed by atoms with E-state index in [2.05, 4.69) is 9.97 Å². The molecular weight excluding hydrogens is 163 g/mol. The van der Waals surface area contributed by atoms with Crippen molar-refractivity contribution in [2.75, 3.05) is 7.11 Å². The Kier molecular flexibility index (Phi) is 4.99. The van der Waals surface area contributed by atoms with E-state index in [9.17, 15) is 0 Å². The summed E-state index contributed by atoms with van der Waals surface area (Å²) in [7, 11) is 1.53. The molecule has 1 aromatic heterocycles. The van der Waals surface area contributed by atoms with Crippen molar-refractivity contribution in [2.45, 2.75) is 0 Å². The summed E-state index contributed by atoms with van der Waals surface area (Å²) >= 11 is 5.49. The van der Waals surface area contributed by atoms with Crippen molar-refractivity contribution in [3.63, 3.8) is 0 Å². The van der Waals surface area contributed by atoms with Gasteiger partial charge in [0.05, 0.1) is 7.11 Å². The van der Waals surface area contributed by atoms with Crippen molar-refractivity contribution in [1.82, 2.24) is 9.97 Å². The van der Waals surface area contributed by atoms with E-state index in [1.807, 2.05) is 0 Å². The zero-order chi connectivity index (χ0) is 6.69. The van der Waals surface area contributed by atoms with Gasteiger partial charge in [-0.3, -0.25) is 0 Å². The fourth-order valence-electron chi connectivity index (χ4n) is 0.429. The molecule has 0 N–H and O–H groups in total. The Labute approximate surface area is 86.1 Å². The summed E-state index contributed by atoms with van der Waals surface area (Å²) in [6.07, 6.45) is 1.35. The molecule has 1 aromatic rings. The van der Waals surface area contributed by atoms with Crippen LogP contribution in [0.15, 0.2) is 12.4 Å². The first-order valence-corrected chi connectivity index (χ1v) is 2.72. The number of aromatic nitrogens is 2. The number of hydrogen-bond donors (Lipinski definition) is 0. The van der Waals surface area contributed by atoms with Crippen LogP contribution >= 0.6 is 11.6 Å². The van der Waals surface area contributed by atoms with Gasteiger partial charge < -0.3 is 4.74 Å². The number of rotatable bonds is 1. The molecule has 0 atom stereocenters. The quantitative estimate of drug-likeness (QED) is 0.452. The van der Waals surface area contributed by atoms with Gasteiger partial charge in [-0.1, -0.05) is 11.6 Å². The van der Waals surface area contributed by atoms with Crippen LogP contribution in [0.5, 0.6) is 5.88 Å². The van der Waals surface area contributed by atoms with Gasteiger partial charge >= 0.3 is 29.6 Å². The molecule has 0 aliphatic rings. The Hall–Kier alpha value is 0.170. The second-order valence-electron chi connectivity index (χ2n) is 1.38. The third kappa shape index (κ3) is 2.84. The van der Waals surface area contributed by atoms with Gasteiger partial charge in [0.15, 0.2) is 0 Å². The van der Waals surface area contributed by atoms with Crippen LogP contribution in [0.4, 0.5) is 0 Å². The normalized spacial score (nSPS) is 8.20. The molecule has 1 rings (SSSR count). The van der Waals surface area contributed by atoms with E-state index in [-0.39, 0.29) is 29.6 Å². The zero-order valence-electron chi connectivity index (χ0n) is 4.84. The molecule has 0 amide bonds. The number of nitrogens with zero attached hydrogens (tertiary/aromatic N) is 2. The molecule has 0 unspecified atom stereocenters. The zero-order valence-corrected chi connectivity index (χ0v) is 5.59. The Morgan fingerprint density at radius 1 is 1.50 bits per heavy atom. The van der Waals surface area contributed by atoms with Crippen LogP contribution in [0.25, 0.3) is 0 Å². The van der Waals surface area contributed by atoms with Crippen molar-refractivity contribution in [3.8, 4) is 5.88 Å². The SMILES string of the molecule is COc1cc(Cl)ncn1.[NaH]. The fraction of sp³-hybridized carbons (Fsp3) is 0.200. The average molecular weight is 169 g/mol. The van der Waals surface area contributed by atoms with E-state index in [1.165, 1.54) is 13.4 Å². The van der Waals surface area contributed by atoms with Crippen molar-refractivity contribution in [1.29, 1.82) is 0 Å². The van der Waals surface area contributed by atoms with Crippen LogP contribution in [0.2, 0.25) is 5.15 Å². The fourth-order valence-corrected chi connectivity index (χ4v) is 0.566. The molecule has 0 fully saturated rings. The van der Waals surface area contributed by atoms with Crippen LogP contribution in [-0.4, -0.2) is 46.6 Å². The van der Waals surface area contributed by atoms with Crippen LogP contribution in [0.3, 0.4) is 0 Å². The molecular formula is C5H6ClN2NaO. The summed E-state index contributed by atoms with van der Waals surface area (Å²) in [6.45, 7) is 0. The minimum atomic E-state index is 0. The van der Waals surface area contributed by atoms with Gasteiger partial charge in [0.2, 0.25) is 5.88 Å². The Balaban J connectivity index is 0.000000810. The van der Waals surface area contributed by atoms with Gasteiger partial charge in [-0.05, 0) is 0 Å². The minimum absolute atomic E-state index is 0. The summed E-state index contributed by atoms with van der Waals surface area (Å²) in [4.78, 5) is 7.40. The van der Waals surface area contributed by atoms with E-state index >= 15 is 0 Å².